The van der Waals surface area contributed by atoms with Crippen LogP contribution < -0.4 is 11.3 Å². The van der Waals surface area contributed by atoms with Crippen LogP contribution in [0, 0.1) is 3.57 Å². The minimum absolute atomic E-state index is 0.0249. The van der Waals surface area contributed by atoms with E-state index in [4.69, 9.17) is 5.84 Å². The van der Waals surface area contributed by atoms with Crippen molar-refractivity contribution in [1.29, 1.82) is 0 Å². The molecule has 2 rings (SSSR count). The lowest BCUT2D eigenvalue weighted by Crippen LogP contribution is -2.29. The third-order valence-corrected chi connectivity index (χ3v) is 4.94. The summed E-state index contributed by atoms with van der Waals surface area (Å²) in [6, 6.07) is 14.9. The van der Waals surface area contributed by atoms with Crippen LogP contribution in [-0.2, 0) is 5.41 Å². The van der Waals surface area contributed by atoms with Crippen LogP contribution in [-0.4, -0.2) is 0 Å². The predicted octanol–water partition coefficient (Wildman–Crippen LogP) is 4.90. The van der Waals surface area contributed by atoms with Gasteiger partial charge in [-0.1, -0.05) is 61.0 Å². The Morgan fingerprint density at radius 3 is 2.24 bits per heavy atom. The Bertz CT molecular complexity index is 618. The Labute approximate surface area is 148 Å². The Balaban J connectivity index is 2.40. The van der Waals surface area contributed by atoms with E-state index in [-0.39, 0.29) is 11.5 Å². The van der Waals surface area contributed by atoms with Crippen LogP contribution in [0.25, 0.3) is 0 Å². The average Bonchev–Trinajstić information content (AvgIpc) is 2.43. The van der Waals surface area contributed by atoms with Crippen molar-refractivity contribution >= 4 is 38.5 Å². The van der Waals surface area contributed by atoms with E-state index in [9.17, 15) is 0 Å². The highest BCUT2D eigenvalue weighted by Gasteiger charge is 2.18. The molecule has 3 N–H and O–H groups in total. The second kappa shape index (κ2) is 6.77. The first-order valence-electron chi connectivity index (χ1n) is 6.84. The first kappa shape index (κ1) is 16.9. The summed E-state index contributed by atoms with van der Waals surface area (Å²) in [7, 11) is 0. The summed E-state index contributed by atoms with van der Waals surface area (Å²) in [5.74, 6) is 5.81. The van der Waals surface area contributed by atoms with Crippen LogP contribution in [0.15, 0.2) is 46.9 Å². The van der Waals surface area contributed by atoms with E-state index in [1.807, 2.05) is 0 Å². The quantitative estimate of drug-likeness (QED) is 0.389. The topological polar surface area (TPSA) is 38.0 Å². The Kier molecular flexibility index (Phi) is 5.46. The van der Waals surface area contributed by atoms with Gasteiger partial charge in [0.05, 0.1) is 6.04 Å². The highest BCUT2D eigenvalue weighted by atomic mass is 127. The minimum atomic E-state index is -0.0249. The molecule has 0 fully saturated rings. The summed E-state index contributed by atoms with van der Waals surface area (Å²) in [6.07, 6.45) is 0. The molecule has 2 aromatic rings. The van der Waals surface area contributed by atoms with Crippen molar-refractivity contribution in [3.63, 3.8) is 0 Å². The van der Waals surface area contributed by atoms with Crippen LogP contribution in [0.4, 0.5) is 0 Å². The number of hydrazine groups is 1. The van der Waals surface area contributed by atoms with Crippen LogP contribution >= 0.6 is 38.5 Å². The lowest BCUT2D eigenvalue weighted by molar-refractivity contribution is 0.588. The Morgan fingerprint density at radius 2 is 1.71 bits per heavy atom. The Hall–Kier alpha value is -0.430. The van der Waals surface area contributed by atoms with Gasteiger partial charge in [-0.3, -0.25) is 5.84 Å². The summed E-state index contributed by atoms with van der Waals surface area (Å²) in [5, 5.41) is 0. The number of hydrogen-bond acceptors (Lipinski definition) is 2. The van der Waals surface area contributed by atoms with E-state index in [2.05, 4.69) is 107 Å². The summed E-state index contributed by atoms with van der Waals surface area (Å²) < 4.78 is 2.25. The van der Waals surface area contributed by atoms with Crippen LogP contribution in [0.2, 0.25) is 0 Å². The van der Waals surface area contributed by atoms with Crippen molar-refractivity contribution in [2.45, 2.75) is 32.2 Å². The van der Waals surface area contributed by atoms with E-state index in [0.717, 1.165) is 15.6 Å². The zero-order valence-electron chi connectivity index (χ0n) is 12.5. The SMILES string of the molecule is CC(C)(C)c1ccc(C(NN)c2cc(I)ccc2Br)cc1. The van der Waals surface area contributed by atoms with Gasteiger partial charge in [-0.15, -0.1) is 0 Å². The molecule has 0 aromatic heterocycles. The van der Waals surface area contributed by atoms with Gasteiger partial charge >= 0.3 is 0 Å². The van der Waals surface area contributed by atoms with Gasteiger partial charge in [-0.25, -0.2) is 5.43 Å². The van der Waals surface area contributed by atoms with Gasteiger partial charge in [0.2, 0.25) is 0 Å². The highest BCUT2D eigenvalue weighted by Crippen LogP contribution is 2.31. The number of hydrogen-bond donors (Lipinski definition) is 2. The molecule has 112 valence electrons. The molecule has 0 aliphatic rings. The van der Waals surface area contributed by atoms with Gasteiger partial charge in [0.15, 0.2) is 0 Å². The third-order valence-electron chi connectivity index (χ3n) is 3.55. The van der Waals surface area contributed by atoms with Gasteiger partial charge in [-0.05, 0) is 62.9 Å². The fraction of sp³-hybridized carbons (Fsp3) is 0.294. The fourth-order valence-corrected chi connectivity index (χ4v) is 3.27. The van der Waals surface area contributed by atoms with Crippen molar-refractivity contribution in [2.24, 2.45) is 5.84 Å². The fourth-order valence-electron chi connectivity index (χ4n) is 2.28. The first-order chi connectivity index (χ1) is 9.82. The summed E-state index contributed by atoms with van der Waals surface area (Å²) >= 11 is 5.93. The average molecular weight is 459 g/mol. The Morgan fingerprint density at radius 1 is 1.10 bits per heavy atom. The van der Waals surface area contributed by atoms with E-state index in [1.54, 1.807) is 0 Å². The van der Waals surface area contributed by atoms with Gasteiger partial charge < -0.3 is 0 Å². The van der Waals surface area contributed by atoms with Gasteiger partial charge in [0.1, 0.15) is 0 Å². The van der Waals surface area contributed by atoms with Crippen molar-refractivity contribution in [1.82, 2.24) is 5.43 Å². The molecule has 0 aliphatic carbocycles. The zero-order valence-corrected chi connectivity index (χ0v) is 16.2. The van der Waals surface area contributed by atoms with E-state index >= 15 is 0 Å². The van der Waals surface area contributed by atoms with E-state index < -0.39 is 0 Å². The molecule has 2 aromatic carbocycles. The molecule has 0 amide bonds. The largest absolute Gasteiger partial charge is 0.271 e. The van der Waals surface area contributed by atoms with Crippen molar-refractivity contribution in [2.75, 3.05) is 0 Å². The first-order valence-corrected chi connectivity index (χ1v) is 8.71. The molecule has 0 saturated carbocycles. The predicted molar refractivity (Wildman–Crippen MR) is 101 cm³/mol. The maximum atomic E-state index is 5.81. The monoisotopic (exact) mass is 458 g/mol. The zero-order chi connectivity index (χ0) is 15.6. The normalized spacial score (nSPS) is 13.2. The van der Waals surface area contributed by atoms with E-state index in [1.165, 1.54) is 9.13 Å². The second-order valence-electron chi connectivity index (χ2n) is 6.14. The number of benzene rings is 2. The molecular formula is C17H20BrIN2. The molecular weight excluding hydrogens is 439 g/mol. The van der Waals surface area contributed by atoms with Crippen molar-refractivity contribution < 1.29 is 0 Å². The molecule has 0 radical (unpaired) electrons. The number of nitrogens with one attached hydrogen (secondary N) is 1. The molecule has 2 nitrogen and oxygen atoms in total. The summed E-state index contributed by atoms with van der Waals surface area (Å²) in [6.45, 7) is 6.66. The number of rotatable bonds is 3. The van der Waals surface area contributed by atoms with Gasteiger partial charge in [-0.2, -0.15) is 0 Å². The highest BCUT2D eigenvalue weighted by molar-refractivity contribution is 14.1. The molecule has 1 unspecified atom stereocenters. The van der Waals surface area contributed by atoms with Crippen LogP contribution in [0.5, 0.6) is 0 Å². The molecule has 0 aliphatic heterocycles. The second-order valence-corrected chi connectivity index (χ2v) is 8.24. The minimum Gasteiger partial charge on any atom is -0.271 e. The summed E-state index contributed by atoms with van der Waals surface area (Å²) in [4.78, 5) is 0. The summed E-state index contributed by atoms with van der Waals surface area (Å²) in [5.41, 5.74) is 6.72. The third kappa shape index (κ3) is 4.06. The molecule has 0 bridgehead atoms. The van der Waals surface area contributed by atoms with E-state index in [0.29, 0.717) is 0 Å². The molecule has 21 heavy (non-hydrogen) atoms. The maximum absolute atomic E-state index is 5.81. The molecule has 0 spiro atoms. The van der Waals surface area contributed by atoms with Crippen molar-refractivity contribution in [3.8, 4) is 0 Å². The standard InChI is InChI=1S/C17H20BrIN2/c1-17(2,3)12-6-4-11(5-7-12)16(21-20)14-10-13(19)8-9-15(14)18/h4-10,16,21H,20H2,1-3H3. The lowest BCUT2D eigenvalue weighted by atomic mass is 9.86. The molecule has 0 saturated heterocycles. The smallest absolute Gasteiger partial charge is 0.0721 e. The van der Waals surface area contributed by atoms with Crippen LogP contribution in [0.1, 0.15) is 43.5 Å². The molecule has 0 heterocycles. The maximum Gasteiger partial charge on any atom is 0.0721 e. The molecule has 1 atom stereocenters. The lowest BCUT2D eigenvalue weighted by Gasteiger charge is -2.22. The number of halogens is 2. The van der Waals surface area contributed by atoms with Crippen LogP contribution in [0.3, 0.4) is 0 Å². The number of nitrogens with two attached hydrogens (primary N) is 1. The van der Waals surface area contributed by atoms with Gasteiger partial charge in [0, 0.05) is 8.04 Å². The molecule has 4 heteroatoms. The van der Waals surface area contributed by atoms with Crippen molar-refractivity contribution in [3.05, 3.63) is 67.2 Å². The van der Waals surface area contributed by atoms with Gasteiger partial charge in [0.25, 0.3) is 0 Å².